The van der Waals surface area contributed by atoms with Gasteiger partial charge in [-0.05, 0) is 67.8 Å². The number of halogens is 3. The lowest BCUT2D eigenvalue weighted by molar-refractivity contribution is -0.234. The number of hydrogen-bond donors (Lipinski definition) is 3. The van der Waals surface area contributed by atoms with Gasteiger partial charge in [0.05, 0.1) is 27.6 Å². The van der Waals surface area contributed by atoms with Gasteiger partial charge in [0.1, 0.15) is 6.42 Å². The molecule has 1 aromatic rings. The number of carboxylic acids is 1. The van der Waals surface area contributed by atoms with Crippen molar-refractivity contribution in [1.29, 1.82) is 0 Å². The molecule has 0 bridgehead atoms. The topological polar surface area (TPSA) is 148 Å². The Kier molecular flexibility index (Phi) is 9.12. The van der Waals surface area contributed by atoms with Crippen molar-refractivity contribution in [3.05, 3.63) is 16.3 Å². The summed E-state index contributed by atoms with van der Waals surface area (Å²) in [5, 5.41) is 13.6. The van der Waals surface area contributed by atoms with Gasteiger partial charge in [0.25, 0.3) is 0 Å². The number of amides is 2. The van der Waals surface area contributed by atoms with E-state index in [1.54, 1.807) is 45.2 Å². The lowest BCUT2D eigenvalue weighted by Crippen LogP contribution is -2.20. The molecule has 1 rings (SSSR count). The number of carbonyl (C=O) groups is 5. The standard InChI is InChI=1S/C14H11I3N2O8/c1-4(20)18-12-9(15)8(10(16)13(11(12)17)19-5(2)21)14(25)27-26-7(24)3-6(22)23/h3H2,1-2H3,(H,18,20)(H,19,21)(H,22,23). The van der Waals surface area contributed by atoms with Crippen molar-refractivity contribution in [3.63, 3.8) is 0 Å². The molecule has 0 aliphatic rings. The Morgan fingerprint density at radius 3 is 1.67 bits per heavy atom. The first-order valence-electron chi connectivity index (χ1n) is 6.84. The number of carboxylic acid groups (broad SMARTS) is 1. The highest BCUT2D eigenvalue weighted by Gasteiger charge is 2.28. The monoisotopic (exact) mass is 716 g/mol. The molecular formula is C14H11I3N2O8. The second-order valence-electron chi connectivity index (χ2n) is 4.83. The number of anilines is 2. The number of aliphatic carboxylic acids is 1. The van der Waals surface area contributed by atoms with Crippen LogP contribution in [0, 0.1) is 10.7 Å². The number of nitrogens with one attached hydrogen (secondary N) is 2. The highest BCUT2D eigenvalue weighted by molar-refractivity contribution is 14.1. The van der Waals surface area contributed by atoms with Gasteiger partial charge in [-0.1, -0.05) is 0 Å². The highest BCUT2D eigenvalue weighted by Crippen LogP contribution is 2.39. The van der Waals surface area contributed by atoms with Crippen LogP contribution >= 0.6 is 67.8 Å². The number of hydrogen-bond acceptors (Lipinski definition) is 7. The Balaban J connectivity index is 3.36. The fourth-order valence-electron chi connectivity index (χ4n) is 1.69. The van der Waals surface area contributed by atoms with Crippen LogP contribution in [0.25, 0.3) is 0 Å². The van der Waals surface area contributed by atoms with Crippen LogP contribution in [0.15, 0.2) is 0 Å². The molecule has 0 atom stereocenters. The van der Waals surface area contributed by atoms with Crippen molar-refractivity contribution in [2.75, 3.05) is 10.6 Å². The van der Waals surface area contributed by atoms with E-state index in [4.69, 9.17) is 5.11 Å². The Hall–Kier alpha value is -1.24. The SMILES string of the molecule is CC(=O)Nc1c(I)c(NC(C)=O)c(I)c(C(=O)OOC(=O)CC(=O)O)c1I. The third-order valence-electron chi connectivity index (χ3n) is 2.63. The van der Waals surface area contributed by atoms with Crippen molar-refractivity contribution in [2.45, 2.75) is 20.3 Å². The summed E-state index contributed by atoms with van der Waals surface area (Å²) in [6.07, 6.45) is -0.984. The van der Waals surface area contributed by atoms with Crippen LogP contribution < -0.4 is 10.6 Å². The molecule has 0 unspecified atom stereocenters. The van der Waals surface area contributed by atoms with Crippen molar-refractivity contribution in [1.82, 2.24) is 0 Å². The largest absolute Gasteiger partial charge is 0.481 e. The molecule has 0 aromatic heterocycles. The third-order valence-corrected chi connectivity index (χ3v) is 5.87. The van der Waals surface area contributed by atoms with Gasteiger partial charge in [-0.15, -0.1) is 0 Å². The van der Waals surface area contributed by atoms with Crippen LogP contribution in [0.3, 0.4) is 0 Å². The minimum Gasteiger partial charge on any atom is -0.481 e. The molecule has 0 saturated carbocycles. The molecule has 3 N–H and O–H groups in total. The van der Waals surface area contributed by atoms with E-state index in [-0.39, 0.29) is 24.1 Å². The first-order valence-corrected chi connectivity index (χ1v) is 10.1. The molecule has 13 heteroatoms. The Morgan fingerprint density at radius 2 is 1.30 bits per heavy atom. The lowest BCUT2D eigenvalue weighted by atomic mass is 10.1. The van der Waals surface area contributed by atoms with Crippen molar-refractivity contribution < 1.29 is 38.9 Å². The first kappa shape index (κ1) is 23.8. The van der Waals surface area contributed by atoms with E-state index in [0.29, 0.717) is 3.57 Å². The third kappa shape index (κ3) is 6.70. The first-order chi connectivity index (χ1) is 12.5. The summed E-state index contributed by atoms with van der Waals surface area (Å²) in [6, 6.07) is 0. The predicted octanol–water partition coefficient (Wildman–Crippen LogP) is 2.51. The minimum atomic E-state index is -1.45. The highest BCUT2D eigenvalue weighted by atomic mass is 127. The summed E-state index contributed by atoms with van der Waals surface area (Å²) in [6.45, 7) is 2.54. The minimum absolute atomic E-state index is 0.0766. The average Bonchev–Trinajstić information content (AvgIpc) is 2.52. The maximum Gasteiger partial charge on any atom is 0.388 e. The number of benzene rings is 1. The molecule has 0 heterocycles. The van der Waals surface area contributed by atoms with E-state index in [0.717, 1.165) is 0 Å². The summed E-state index contributed by atoms with van der Waals surface area (Å²) in [5.74, 6) is -4.64. The molecule has 146 valence electrons. The second kappa shape index (κ2) is 10.3. The van der Waals surface area contributed by atoms with Crippen molar-refractivity contribution in [2.24, 2.45) is 0 Å². The van der Waals surface area contributed by atoms with Crippen LogP contribution in [0.2, 0.25) is 0 Å². The van der Waals surface area contributed by atoms with E-state index in [2.05, 4.69) is 20.4 Å². The molecule has 0 fully saturated rings. The van der Waals surface area contributed by atoms with Gasteiger partial charge in [0.2, 0.25) is 11.8 Å². The molecule has 27 heavy (non-hydrogen) atoms. The van der Waals surface area contributed by atoms with Gasteiger partial charge in [0.15, 0.2) is 0 Å². The summed E-state index contributed by atoms with van der Waals surface area (Å²) < 4.78 is 1.04. The van der Waals surface area contributed by atoms with Crippen LogP contribution in [0.4, 0.5) is 11.4 Å². The van der Waals surface area contributed by atoms with Crippen LogP contribution in [-0.2, 0) is 29.0 Å². The number of carbonyl (C=O) groups excluding carboxylic acids is 4. The van der Waals surface area contributed by atoms with E-state index in [1.807, 2.05) is 22.6 Å². The van der Waals surface area contributed by atoms with E-state index < -0.39 is 36.1 Å². The van der Waals surface area contributed by atoms with Gasteiger partial charge < -0.3 is 15.7 Å². The normalized spacial score (nSPS) is 9.96. The Bertz CT molecular complexity index is 797. The molecule has 2 amide bonds. The van der Waals surface area contributed by atoms with Gasteiger partial charge in [0, 0.05) is 13.8 Å². The van der Waals surface area contributed by atoms with E-state index in [9.17, 15) is 24.0 Å². The fourth-order valence-corrected chi connectivity index (χ4v) is 5.84. The van der Waals surface area contributed by atoms with E-state index >= 15 is 0 Å². The van der Waals surface area contributed by atoms with E-state index in [1.165, 1.54) is 13.8 Å². The Labute approximate surface area is 193 Å². The Morgan fingerprint density at radius 1 is 0.852 bits per heavy atom. The molecule has 0 aliphatic carbocycles. The maximum absolute atomic E-state index is 12.4. The zero-order chi connectivity index (χ0) is 20.9. The molecular weight excluding hydrogens is 705 g/mol. The van der Waals surface area contributed by atoms with Crippen LogP contribution in [0.5, 0.6) is 0 Å². The van der Waals surface area contributed by atoms with Crippen LogP contribution in [-0.4, -0.2) is 34.8 Å². The summed E-state index contributed by atoms with van der Waals surface area (Å²) in [4.78, 5) is 65.7. The van der Waals surface area contributed by atoms with Gasteiger partial charge >= 0.3 is 17.9 Å². The fraction of sp³-hybridized carbons (Fsp3) is 0.214. The summed E-state index contributed by atoms with van der Waals surface area (Å²) in [5.41, 5.74) is 0.445. The van der Waals surface area contributed by atoms with Gasteiger partial charge in [-0.2, -0.15) is 0 Å². The second-order valence-corrected chi connectivity index (χ2v) is 8.06. The molecule has 10 nitrogen and oxygen atoms in total. The molecule has 0 radical (unpaired) electrons. The zero-order valence-electron chi connectivity index (χ0n) is 13.6. The van der Waals surface area contributed by atoms with Crippen molar-refractivity contribution in [3.8, 4) is 0 Å². The average molecular weight is 716 g/mol. The number of rotatable bonds is 5. The van der Waals surface area contributed by atoms with Crippen LogP contribution in [0.1, 0.15) is 30.6 Å². The smallest absolute Gasteiger partial charge is 0.388 e. The molecule has 0 aliphatic heterocycles. The summed E-state index contributed by atoms with van der Waals surface area (Å²) in [7, 11) is 0. The van der Waals surface area contributed by atoms with Gasteiger partial charge in [-0.25, -0.2) is 19.4 Å². The van der Waals surface area contributed by atoms with Crippen molar-refractivity contribution >= 4 is 109 Å². The molecule has 1 aromatic carbocycles. The predicted molar refractivity (Wildman–Crippen MR) is 117 cm³/mol. The lowest BCUT2D eigenvalue weighted by Gasteiger charge is -2.18. The molecule has 0 saturated heterocycles. The maximum atomic E-state index is 12.4. The summed E-state index contributed by atoms with van der Waals surface area (Å²) >= 11 is 5.49. The quantitative estimate of drug-likeness (QED) is 0.183. The zero-order valence-corrected chi connectivity index (χ0v) is 20.1. The molecule has 0 spiro atoms. The van der Waals surface area contributed by atoms with Gasteiger partial charge in [-0.3, -0.25) is 14.4 Å².